The Bertz CT molecular complexity index is 425. The first-order chi connectivity index (χ1) is 8.17. The molecule has 0 spiro atoms. The van der Waals surface area contributed by atoms with Crippen molar-refractivity contribution in [2.45, 2.75) is 0 Å². The second-order valence-electron chi connectivity index (χ2n) is 3.08. The minimum atomic E-state index is -0.724. The van der Waals surface area contributed by atoms with Gasteiger partial charge in [-0.3, -0.25) is 5.32 Å². The van der Waals surface area contributed by atoms with Gasteiger partial charge >= 0.3 is 12.1 Å². The fourth-order valence-electron chi connectivity index (χ4n) is 1.13. The van der Waals surface area contributed by atoms with E-state index in [1.165, 1.54) is 20.3 Å². The highest BCUT2D eigenvalue weighted by Gasteiger charge is 2.13. The van der Waals surface area contributed by atoms with Crippen LogP contribution in [0.15, 0.2) is 36.0 Å². The normalized spacial score (nSPS) is 10.6. The van der Waals surface area contributed by atoms with Gasteiger partial charge in [0.05, 0.1) is 14.2 Å². The van der Waals surface area contributed by atoms with E-state index in [0.717, 1.165) is 5.56 Å². The standard InChI is InChI=1S/C12H13NO4/c1-16-11(14)10(13-12(15)17-2)8-9-6-4-3-5-7-9/h3-8H,1-2H3,(H,13,15)/b10-8-. The number of amides is 1. The van der Waals surface area contributed by atoms with Gasteiger partial charge in [0.25, 0.3) is 0 Å². The van der Waals surface area contributed by atoms with Crippen LogP contribution in [-0.2, 0) is 14.3 Å². The summed E-state index contributed by atoms with van der Waals surface area (Å²) in [4.78, 5) is 22.5. The summed E-state index contributed by atoms with van der Waals surface area (Å²) in [6, 6.07) is 9.07. The average molecular weight is 235 g/mol. The molecule has 0 aromatic heterocycles. The van der Waals surface area contributed by atoms with E-state index in [1.54, 1.807) is 12.1 Å². The summed E-state index contributed by atoms with van der Waals surface area (Å²) in [7, 11) is 2.45. The highest BCUT2D eigenvalue weighted by atomic mass is 16.5. The lowest BCUT2D eigenvalue weighted by molar-refractivity contribution is -0.136. The zero-order valence-electron chi connectivity index (χ0n) is 9.60. The Balaban J connectivity index is 2.94. The van der Waals surface area contributed by atoms with Crippen LogP contribution in [-0.4, -0.2) is 26.3 Å². The van der Waals surface area contributed by atoms with Crippen LogP contribution in [0.4, 0.5) is 4.79 Å². The molecule has 0 unspecified atom stereocenters. The van der Waals surface area contributed by atoms with E-state index in [2.05, 4.69) is 14.8 Å². The minimum Gasteiger partial charge on any atom is -0.464 e. The summed E-state index contributed by atoms with van der Waals surface area (Å²) in [6.45, 7) is 0. The third-order valence-corrected chi connectivity index (χ3v) is 1.94. The quantitative estimate of drug-likeness (QED) is 0.637. The molecule has 1 aromatic rings. The van der Waals surface area contributed by atoms with Gasteiger partial charge in [-0.05, 0) is 11.6 Å². The fraction of sp³-hybridized carbons (Fsp3) is 0.167. The fourth-order valence-corrected chi connectivity index (χ4v) is 1.13. The molecule has 0 radical (unpaired) electrons. The Morgan fingerprint density at radius 1 is 1.12 bits per heavy atom. The van der Waals surface area contributed by atoms with Crippen LogP contribution in [0.5, 0.6) is 0 Å². The van der Waals surface area contributed by atoms with E-state index in [9.17, 15) is 9.59 Å². The van der Waals surface area contributed by atoms with Gasteiger partial charge in [-0.15, -0.1) is 0 Å². The highest BCUT2D eigenvalue weighted by molar-refractivity contribution is 5.96. The molecule has 0 aliphatic carbocycles. The van der Waals surface area contributed by atoms with E-state index >= 15 is 0 Å². The molecule has 0 bridgehead atoms. The third-order valence-electron chi connectivity index (χ3n) is 1.94. The first kappa shape index (κ1) is 12.8. The summed E-state index contributed by atoms with van der Waals surface area (Å²) in [6.07, 6.45) is 0.778. The summed E-state index contributed by atoms with van der Waals surface area (Å²) >= 11 is 0. The zero-order chi connectivity index (χ0) is 12.7. The van der Waals surface area contributed by atoms with Gasteiger partial charge in [-0.2, -0.15) is 0 Å². The molecule has 90 valence electrons. The van der Waals surface area contributed by atoms with E-state index in [1.807, 2.05) is 18.2 Å². The molecule has 1 rings (SSSR count). The van der Waals surface area contributed by atoms with Crippen LogP contribution < -0.4 is 5.32 Å². The monoisotopic (exact) mass is 235 g/mol. The number of hydrogen-bond donors (Lipinski definition) is 1. The molecule has 0 saturated carbocycles. The van der Waals surface area contributed by atoms with Crippen LogP contribution in [0.3, 0.4) is 0 Å². The summed E-state index contributed by atoms with van der Waals surface area (Å²) in [5.41, 5.74) is 0.787. The van der Waals surface area contributed by atoms with Crippen LogP contribution in [0.2, 0.25) is 0 Å². The maximum Gasteiger partial charge on any atom is 0.411 e. The Hall–Kier alpha value is -2.30. The van der Waals surface area contributed by atoms with Crippen LogP contribution in [0, 0.1) is 0 Å². The molecule has 0 heterocycles. The van der Waals surface area contributed by atoms with Gasteiger partial charge < -0.3 is 9.47 Å². The second kappa shape index (κ2) is 6.32. The Morgan fingerprint density at radius 2 is 1.76 bits per heavy atom. The van der Waals surface area contributed by atoms with Crippen molar-refractivity contribution in [1.29, 1.82) is 0 Å². The molecule has 5 nitrogen and oxygen atoms in total. The van der Waals surface area contributed by atoms with Crippen LogP contribution in [0.1, 0.15) is 5.56 Å². The predicted molar refractivity (Wildman–Crippen MR) is 62.0 cm³/mol. The summed E-state index contributed by atoms with van der Waals surface area (Å²) < 4.78 is 8.97. The lowest BCUT2D eigenvalue weighted by Crippen LogP contribution is -2.27. The predicted octanol–water partition coefficient (Wildman–Crippen LogP) is 1.56. The van der Waals surface area contributed by atoms with Gasteiger partial charge in [0.15, 0.2) is 0 Å². The molecule has 0 saturated heterocycles. The molecular weight excluding hydrogens is 222 g/mol. The van der Waals surface area contributed by atoms with Crippen molar-refractivity contribution in [2.75, 3.05) is 14.2 Å². The first-order valence-electron chi connectivity index (χ1n) is 4.87. The van der Waals surface area contributed by atoms with Gasteiger partial charge in [-0.1, -0.05) is 30.3 Å². The number of rotatable bonds is 3. The lowest BCUT2D eigenvalue weighted by Gasteiger charge is -2.06. The van der Waals surface area contributed by atoms with Crippen molar-refractivity contribution in [3.05, 3.63) is 41.6 Å². The lowest BCUT2D eigenvalue weighted by atomic mass is 10.2. The maximum atomic E-state index is 11.4. The number of carbonyl (C=O) groups excluding carboxylic acids is 2. The number of nitrogens with one attached hydrogen (secondary N) is 1. The average Bonchev–Trinajstić information content (AvgIpc) is 2.38. The van der Waals surface area contributed by atoms with Crippen molar-refractivity contribution in [3.8, 4) is 0 Å². The van der Waals surface area contributed by atoms with Crippen molar-refractivity contribution in [2.24, 2.45) is 0 Å². The van der Waals surface area contributed by atoms with E-state index in [-0.39, 0.29) is 5.70 Å². The molecule has 5 heteroatoms. The van der Waals surface area contributed by atoms with Gasteiger partial charge in [-0.25, -0.2) is 9.59 Å². The van der Waals surface area contributed by atoms with Crippen molar-refractivity contribution in [1.82, 2.24) is 5.32 Å². The summed E-state index contributed by atoms with van der Waals surface area (Å²) in [5.74, 6) is -0.640. The number of methoxy groups -OCH3 is 2. The molecule has 17 heavy (non-hydrogen) atoms. The molecule has 0 fully saturated rings. The van der Waals surface area contributed by atoms with Gasteiger partial charge in [0, 0.05) is 0 Å². The van der Waals surface area contributed by atoms with Crippen LogP contribution >= 0.6 is 0 Å². The minimum absolute atomic E-state index is 0.0190. The SMILES string of the molecule is COC(=O)N/C(=C\c1ccccc1)C(=O)OC. The molecule has 1 N–H and O–H groups in total. The number of ether oxygens (including phenoxy) is 2. The number of carbonyl (C=O) groups is 2. The molecule has 0 aliphatic rings. The number of esters is 1. The van der Waals surface area contributed by atoms with Gasteiger partial charge in [0.2, 0.25) is 0 Å². The molecule has 1 amide bonds. The maximum absolute atomic E-state index is 11.4. The number of alkyl carbamates (subject to hydrolysis) is 1. The summed E-state index contributed by atoms with van der Waals surface area (Å²) in [5, 5.41) is 2.29. The third kappa shape index (κ3) is 3.98. The zero-order valence-corrected chi connectivity index (χ0v) is 9.60. The van der Waals surface area contributed by atoms with E-state index < -0.39 is 12.1 Å². The van der Waals surface area contributed by atoms with E-state index in [4.69, 9.17) is 0 Å². The Morgan fingerprint density at radius 3 is 2.29 bits per heavy atom. The van der Waals surface area contributed by atoms with E-state index in [0.29, 0.717) is 0 Å². The number of hydrogen-bond acceptors (Lipinski definition) is 4. The number of benzene rings is 1. The van der Waals surface area contributed by atoms with Gasteiger partial charge in [0.1, 0.15) is 5.70 Å². The Labute approximate surface area is 99.0 Å². The van der Waals surface area contributed by atoms with Crippen molar-refractivity contribution < 1.29 is 19.1 Å². The Kier molecular flexibility index (Phi) is 4.75. The molecule has 1 aromatic carbocycles. The van der Waals surface area contributed by atoms with Crippen LogP contribution in [0.25, 0.3) is 6.08 Å². The van der Waals surface area contributed by atoms with Crippen molar-refractivity contribution in [3.63, 3.8) is 0 Å². The second-order valence-corrected chi connectivity index (χ2v) is 3.08. The molecule has 0 aliphatic heterocycles. The smallest absolute Gasteiger partial charge is 0.411 e. The largest absolute Gasteiger partial charge is 0.464 e. The first-order valence-corrected chi connectivity index (χ1v) is 4.87. The highest BCUT2D eigenvalue weighted by Crippen LogP contribution is 2.06. The topological polar surface area (TPSA) is 64.6 Å². The van der Waals surface area contributed by atoms with Crippen molar-refractivity contribution >= 4 is 18.1 Å². The molecular formula is C12H13NO4. The molecule has 0 atom stereocenters.